The Labute approximate surface area is 152 Å². The van der Waals surface area contributed by atoms with Gasteiger partial charge in [0.15, 0.2) is 0 Å². The van der Waals surface area contributed by atoms with Gasteiger partial charge in [0, 0.05) is 25.9 Å². The maximum atomic E-state index is 12.3. The maximum absolute atomic E-state index is 12.3. The van der Waals surface area contributed by atoms with Gasteiger partial charge in [-0.15, -0.1) is 0 Å². The van der Waals surface area contributed by atoms with Gasteiger partial charge in [-0.05, 0) is 25.5 Å². The topological polar surface area (TPSA) is 132 Å². The van der Waals surface area contributed by atoms with Crippen LogP contribution in [0, 0.1) is 13.8 Å². The van der Waals surface area contributed by atoms with Crippen molar-refractivity contribution in [2.45, 2.75) is 20.3 Å². The Kier molecular flexibility index (Phi) is 8.14. The molecule has 6 N–H and O–H groups in total. The van der Waals surface area contributed by atoms with Crippen LogP contribution in [0.1, 0.15) is 16.8 Å². The van der Waals surface area contributed by atoms with Crippen molar-refractivity contribution >= 4 is 11.6 Å². The molecule has 7 nitrogen and oxygen atoms in total. The Bertz CT molecular complexity index is 870. The number of benzene rings is 1. The fourth-order valence-electron chi connectivity index (χ4n) is 2.61. The molecule has 0 saturated carbocycles. The quantitative estimate of drug-likeness (QED) is 0.682. The summed E-state index contributed by atoms with van der Waals surface area (Å²) in [4.78, 5) is 18.6. The molecular weight excluding hydrogens is 334 g/mol. The van der Waals surface area contributed by atoms with E-state index in [-0.39, 0.29) is 22.3 Å². The number of nitrogens with zero attached hydrogens (tertiary/aromatic N) is 3. The standard InChI is InChI=1S/C19H21N3O.3H2O/c1-13-5-8-15(9-6-13)19-16(11-18(23)21(3)4)22-12-14(2)7-10-17(22)20-19;;;/h5-10,12H,11H2,1-4H3;3*1H2. The molecule has 0 saturated heterocycles. The summed E-state index contributed by atoms with van der Waals surface area (Å²) in [5, 5.41) is 0. The lowest BCUT2D eigenvalue weighted by atomic mass is 10.1. The molecule has 0 fully saturated rings. The van der Waals surface area contributed by atoms with E-state index in [4.69, 9.17) is 4.98 Å². The molecule has 2 heterocycles. The van der Waals surface area contributed by atoms with Crippen LogP contribution < -0.4 is 0 Å². The van der Waals surface area contributed by atoms with Crippen LogP contribution in [0.15, 0.2) is 42.6 Å². The van der Waals surface area contributed by atoms with Gasteiger partial charge in [-0.1, -0.05) is 35.9 Å². The summed E-state index contributed by atoms with van der Waals surface area (Å²) in [5.41, 5.74) is 6.08. The van der Waals surface area contributed by atoms with Crippen molar-refractivity contribution in [1.29, 1.82) is 0 Å². The van der Waals surface area contributed by atoms with Crippen molar-refractivity contribution in [2.24, 2.45) is 0 Å². The number of imidazole rings is 1. The molecule has 0 aliphatic carbocycles. The van der Waals surface area contributed by atoms with E-state index >= 15 is 0 Å². The highest BCUT2D eigenvalue weighted by molar-refractivity contribution is 5.81. The highest BCUT2D eigenvalue weighted by Crippen LogP contribution is 2.26. The number of aromatic nitrogens is 2. The van der Waals surface area contributed by atoms with Crippen molar-refractivity contribution in [1.82, 2.24) is 14.3 Å². The molecule has 0 radical (unpaired) electrons. The summed E-state index contributed by atoms with van der Waals surface area (Å²) in [5.74, 6) is 0.0710. The monoisotopic (exact) mass is 361 g/mol. The second-order valence-electron chi connectivity index (χ2n) is 6.17. The fourth-order valence-corrected chi connectivity index (χ4v) is 2.61. The molecule has 142 valence electrons. The molecule has 0 aliphatic rings. The summed E-state index contributed by atoms with van der Waals surface area (Å²) in [6, 6.07) is 12.3. The van der Waals surface area contributed by atoms with Gasteiger partial charge in [-0.3, -0.25) is 4.79 Å². The number of hydrogen-bond donors (Lipinski definition) is 0. The van der Waals surface area contributed by atoms with Crippen LogP contribution in [-0.2, 0) is 11.2 Å². The maximum Gasteiger partial charge on any atom is 0.228 e. The van der Waals surface area contributed by atoms with Crippen molar-refractivity contribution < 1.29 is 21.2 Å². The van der Waals surface area contributed by atoms with Crippen molar-refractivity contribution in [3.63, 3.8) is 0 Å². The molecule has 3 rings (SSSR count). The molecule has 1 amide bonds. The number of carbonyl (C=O) groups is 1. The largest absolute Gasteiger partial charge is 0.412 e. The molecule has 3 aromatic rings. The first kappa shape index (κ1) is 23.3. The highest BCUT2D eigenvalue weighted by Gasteiger charge is 2.18. The lowest BCUT2D eigenvalue weighted by Crippen LogP contribution is -2.24. The van der Waals surface area contributed by atoms with Crippen molar-refractivity contribution in [3.8, 4) is 11.3 Å². The van der Waals surface area contributed by atoms with Crippen LogP contribution in [0.25, 0.3) is 16.9 Å². The van der Waals surface area contributed by atoms with Gasteiger partial charge in [-0.25, -0.2) is 4.98 Å². The number of pyridine rings is 1. The zero-order valence-electron chi connectivity index (χ0n) is 15.5. The number of aryl methyl sites for hydroxylation is 2. The van der Waals surface area contributed by atoms with E-state index in [1.165, 1.54) is 5.56 Å². The Morgan fingerprint density at radius 1 is 0.962 bits per heavy atom. The van der Waals surface area contributed by atoms with Gasteiger partial charge in [0.05, 0.1) is 17.8 Å². The Morgan fingerprint density at radius 2 is 1.54 bits per heavy atom. The van der Waals surface area contributed by atoms with Gasteiger partial charge >= 0.3 is 0 Å². The minimum absolute atomic E-state index is 0. The Balaban J connectivity index is 0.00000208. The molecule has 26 heavy (non-hydrogen) atoms. The van der Waals surface area contributed by atoms with Crippen LogP contribution in [0.3, 0.4) is 0 Å². The third-order valence-electron chi connectivity index (χ3n) is 4.01. The summed E-state index contributed by atoms with van der Waals surface area (Å²) in [7, 11) is 3.56. The minimum atomic E-state index is 0. The van der Waals surface area contributed by atoms with E-state index < -0.39 is 0 Å². The van der Waals surface area contributed by atoms with E-state index in [1.807, 2.05) is 29.7 Å². The van der Waals surface area contributed by atoms with Gasteiger partial charge in [0.25, 0.3) is 0 Å². The van der Waals surface area contributed by atoms with Crippen LogP contribution in [0.2, 0.25) is 0 Å². The number of carbonyl (C=O) groups excluding carboxylic acids is 1. The van der Waals surface area contributed by atoms with E-state index in [9.17, 15) is 4.79 Å². The highest BCUT2D eigenvalue weighted by atomic mass is 16.2. The first-order chi connectivity index (χ1) is 11.0. The zero-order valence-corrected chi connectivity index (χ0v) is 15.5. The van der Waals surface area contributed by atoms with E-state index in [1.54, 1.807) is 19.0 Å². The summed E-state index contributed by atoms with van der Waals surface area (Å²) >= 11 is 0. The molecule has 1 aromatic carbocycles. The van der Waals surface area contributed by atoms with Crippen LogP contribution in [0.4, 0.5) is 0 Å². The zero-order chi connectivity index (χ0) is 16.6. The third-order valence-corrected chi connectivity index (χ3v) is 4.01. The van der Waals surface area contributed by atoms with Crippen LogP contribution in [-0.4, -0.2) is 50.7 Å². The van der Waals surface area contributed by atoms with E-state index in [2.05, 4.69) is 31.2 Å². The summed E-state index contributed by atoms with van der Waals surface area (Å²) in [6.45, 7) is 4.11. The molecule has 0 atom stereocenters. The lowest BCUT2D eigenvalue weighted by molar-refractivity contribution is -0.128. The summed E-state index contributed by atoms with van der Waals surface area (Å²) < 4.78 is 2.03. The molecule has 2 aromatic heterocycles. The predicted molar refractivity (Wildman–Crippen MR) is 103 cm³/mol. The number of likely N-dealkylation sites (N-methyl/N-ethyl adjacent to an activating group) is 1. The second-order valence-corrected chi connectivity index (χ2v) is 6.17. The normalized spacial score (nSPS) is 9.69. The minimum Gasteiger partial charge on any atom is -0.412 e. The lowest BCUT2D eigenvalue weighted by Gasteiger charge is -2.11. The van der Waals surface area contributed by atoms with Gasteiger partial charge in [0.1, 0.15) is 5.65 Å². The molecule has 7 heteroatoms. The fraction of sp³-hybridized carbons (Fsp3) is 0.263. The van der Waals surface area contributed by atoms with Crippen LogP contribution >= 0.6 is 0 Å². The number of amides is 1. The predicted octanol–water partition coefficient (Wildman–Crippen LogP) is 0.775. The van der Waals surface area contributed by atoms with Crippen LogP contribution in [0.5, 0.6) is 0 Å². The average Bonchev–Trinajstić information content (AvgIpc) is 2.86. The number of rotatable bonds is 3. The molecule has 0 aliphatic heterocycles. The number of fused-ring (bicyclic) bond motifs is 1. The smallest absolute Gasteiger partial charge is 0.228 e. The first-order valence-electron chi connectivity index (χ1n) is 7.70. The third kappa shape index (κ3) is 4.45. The van der Waals surface area contributed by atoms with E-state index in [0.717, 1.165) is 28.2 Å². The molecule has 0 spiro atoms. The second kappa shape index (κ2) is 9.10. The van der Waals surface area contributed by atoms with Crippen molar-refractivity contribution in [3.05, 3.63) is 59.4 Å². The van der Waals surface area contributed by atoms with Gasteiger partial charge < -0.3 is 25.7 Å². The Hall–Kier alpha value is -2.74. The Morgan fingerprint density at radius 3 is 2.12 bits per heavy atom. The summed E-state index contributed by atoms with van der Waals surface area (Å²) in [6.07, 6.45) is 2.37. The first-order valence-corrected chi connectivity index (χ1v) is 7.70. The average molecular weight is 361 g/mol. The molecular formula is C19H27N3O4. The van der Waals surface area contributed by atoms with Gasteiger partial charge in [-0.2, -0.15) is 0 Å². The molecule has 0 unspecified atom stereocenters. The number of hydrogen-bond acceptors (Lipinski definition) is 2. The SMILES string of the molecule is Cc1ccc(-c2nc3ccc(C)cn3c2CC(=O)N(C)C)cc1.O.O.O. The molecule has 0 bridgehead atoms. The van der Waals surface area contributed by atoms with Crippen molar-refractivity contribution in [2.75, 3.05) is 14.1 Å². The van der Waals surface area contributed by atoms with Gasteiger partial charge in [0.2, 0.25) is 5.91 Å². The van der Waals surface area contributed by atoms with E-state index in [0.29, 0.717) is 6.42 Å².